The molecule has 1 aromatic carbocycles. The number of anilines is 2. The van der Waals surface area contributed by atoms with Crippen LogP contribution in [0.1, 0.15) is 41.0 Å². The van der Waals surface area contributed by atoms with E-state index >= 15 is 0 Å². The van der Waals surface area contributed by atoms with Crippen LogP contribution >= 0.6 is 0 Å². The molecule has 0 spiro atoms. The van der Waals surface area contributed by atoms with Crippen molar-refractivity contribution in [3.05, 3.63) is 71.2 Å². The van der Waals surface area contributed by atoms with Crippen molar-refractivity contribution >= 4 is 17.7 Å². The third-order valence-corrected chi connectivity index (χ3v) is 5.58. The van der Waals surface area contributed by atoms with Crippen LogP contribution in [0.4, 0.5) is 16.2 Å². The van der Waals surface area contributed by atoms with Crippen LogP contribution in [-0.2, 0) is 24.8 Å². The van der Waals surface area contributed by atoms with Crippen LogP contribution in [0.3, 0.4) is 0 Å². The molecule has 1 aliphatic heterocycles. The fourth-order valence-electron chi connectivity index (χ4n) is 3.72. The predicted octanol–water partition coefficient (Wildman–Crippen LogP) is 3.24. The fraction of sp³-hybridized carbons (Fsp3) is 0.320. The van der Waals surface area contributed by atoms with E-state index in [4.69, 9.17) is 18.4 Å². The fourth-order valence-corrected chi connectivity index (χ4v) is 3.72. The van der Waals surface area contributed by atoms with Gasteiger partial charge < -0.3 is 19.5 Å². The van der Waals surface area contributed by atoms with Crippen LogP contribution in [0.2, 0.25) is 0 Å². The van der Waals surface area contributed by atoms with E-state index in [2.05, 4.69) is 25.4 Å². The molecule has 0 saturated heterocycles. The normalized spacial score (nSPS) is 20.9. The van der Waals surface area contributed by atoms with Gasteiger partial charge in [0.15, 0.2) is 5.82 Å². The Kier molecular flexibility index (Phi) is 3.81. The first-order chi connectivity index (χ1) is 21.2. The largest absolute Gasteiger partial charge is 0.382 e. The number of benzene rings is 1. The summed E-state index contributed by atoms with van der Waals surface area (Å²) in [6.07, 6.45) is 4.05. The molecule has 10 nitrogen and oxygen atoms in total. The molecular weight excluding hydrogens is 463 g/mol. The topological polar surface area (TPSA) is 103 Å². The first kappa shape index (κ1) is 14.4. The van der Waals surface area contributed by atoms with Crippen molar-refractivity contribution in [1.29, 1.82) is 0 Å². The quantitative estimate of drug-likeness (QED) is 0.416. The number of nitrogens with one attached hydrogen (secondary N) is 1. The Morgan fingerprint density at radius 3 is 2.97 bits per heavy atom. The Balaban J connectivity index is 1.58. The molecular formula is C25H27FN8O2. The lowest BCUT2D eigenvalue weighted by Gasteiger charge is -2.35. The Morgan fingerprint density at radius 1 is 1.28 bits per heavy atom. The van der Waals surface area contributed by atoms with E-state index in [0.29, 0.717) is 10.5 Å². The number of fused-ring (bicyclic) bond motifs is 1. The van der Waals surface area contributed by atoms with Crippen molar-refractivity contribution in [2.45, 2.75) is 32.9 Å². The molecule has 11 heteroatoms. The number of halogens is 1. The molecule has 4 aromatic rings. The summed E-state index contributed by atoms with van der Waals surface area (Å²) in [6, 6.07) is 2.96. The molecule has 1 amide bonds. The van der Waals surface area contributed by atoms with Crippen molar-refractivity contribution < 1.29 is 27.6 Å². The third-order valence-electron chi connectivity index (χ3n) is 5.58. The SMILES string of the molecule is [2H]C([2H])([2H])OC([2H])([2H])C1Cn2cc(-c3nc(Nc4ccnn4C([2H])([2H])[2H])ncc3C)nc2C(=O)N1C([2H])([2H])c1ccc(C)c(F)c1. The summed E-state index contributed by atoms with van der Waals surface area (Å²) in [7, 11) is -3.25. The first-order valence-electron chi connectivity index (χ1n) is 15.7. The third kappa shape index (κ3) is 4.44. The highest BCUT2D eigenvalue weighted by molar-refractivity contribution is 5.92. The summed E-state index contributed by atoms with van der Waals surface area (Å²) in [5.74, 6) is -2.19. The van der Waals surface area contributed by atoms with Crippen LogP contribution in [0.5, 0.6) is 0 Å². The van der Waals surface area contributed by atoms with Crippen molar-refractivity contribution in [2.75, 3.05) is 18.9 Å². The number of aromatic nitrogens is 6. The minimum Gasteiger partial charge on any atom is -0.382 e. The van der Waals surface area contributed by atoms with Gasteiger partial charge in [-0.05, 0) is 36.6 Å². The van der Waals surface area contributed by atoms with Crippen molar-refractivity contribution in [3.8, 4) is 11.4 Å². The first-order valence-corrected chi connectivity index (χ1v) is 10.7. The number of rotatable bonds is 7. The maximum atomic E-state index is 14.5. The van der Waals surface area contributed by atoms with Crippen molar-refractivity contribution in [3.63, 3.8) is 0 Å². The molecule has 1 atom stereocenters. The molecule has 4 heterocycles. The second-order valence-electron chi connectivity index (χ2n) is 8.07. The zero-order valence-electron chi connectivity index (χ0n) is 29.2. The number of hydrogen-bond donors (Lipinski definition) is 1. The van der Waals surface area contributed by atoms with Crippen LogP contribution in [0, 0.1) is 19.7 Å². The second kappa shape index (κ2) is 9.50. The smallest absolute Gasteiger partial charge is 0.290 e. The van der Waals surface area contributed by atoms with Gasteiger partial charge in [-0.1, -0.05) is 12.1 Å². The lowest BCUT2D eigenvalue weighted by Crippen LogP contribution is -2.49. The van der Waals surface area contributed by atoms with Gasteiger partial charge in [0.1, 0.15) is 17.3 Å². The molecule has 36 heavy (non-hydrogen) atoms. The van der Waals surface area contributed by atoms with Gasteiger partial charge in [-0.2, -0.15) is 5.10 Å². The average molecular weight is 501 g/mol. The van der Waals surface area contributed by atoms with Gasteiger partial charge in [0.05, 0.1) is 34.1 Å². The van der Waals surface area contributed by atoms with Gasteiger partial charge in [0, 0.05) is 49.6 Å². The van der Waals surface area contributed by atoms with Crippen molar-refractivity contribution in [1.82, 2.24) is 34.2 Å². The maximum Gasteiger partial charge on any atom is 0.290 e. The number of nitrogens with zero attached hydrogens (tertiary/aromatic N) is 7. The van der Waals surface area contributed by atoms with Crippen LogP contribution in [0.25, 0.3) is 11.4 Å². The van der Waals surface area contributed by atoms with E-state index in [0.717, 1.165) is 10.7 Å². The monoisotopic (exact) mass is 500 g/mol. The zero-order chi connectivity index (χ0) is 34.0. The highest BCUT2D eigenvalue weighted by Crippen LogP contribution is 2.27. The van der Waals surface area contributed by atoms with E-state index in [9.17, 15) is 9.18 Å². The summed E-state index contributed by atoms with van der Waals surface area (Å²) in [5, 5.41) is 6.57. The second-order valence-corrected chi connectivity index (χ2v) is 8.07. The number of amides is 1. The minimum atomic E-state index is -3.25. The average Bonchev–Trinajstić information content (AvgIpc) is 3.57. The molecule has 1 N–H and O–H groups in total. The molecule has 0 fully saturated rings. The number of ether oxygens (including phenoxy) is 1. The van der Waals surface area contributed by atoms with Gasteiger partial charge in [-0.15, -0.1) is 0 Å². The number of carbonyl (C=O) groups is 1. The van der Waals surface area contributed by atoms with Gasteiger partial charge in [-0.25, -0.2) is 19.3 Å². The summed E-state index contributed by atoms with van der Waals surface area (Å²) >= 11 is 0. The van der Waals surface area contributed by atoms with Gasteiger partial charge in [0.25, 0.3) is 5.91 Å². The molecule has 1 unspecified atom stereocenters. The van der Waals surface area contributed by atoms with E-state index in [1.165, 1.54) is 48.3 Å². The Bertz CT molecular complexity index is 1800. The summed E-state index contributed by atoms with van der Waals surface area (Å²) in [6.45, 7) is -5.95. The summed E-state index contributed by atoms with van der Waals surface area (Å²) in [5.41, 5.74) is 0.658. The van der Waals surface area contributed by atoms with Gasteiger partial charge in [0.2, 0.25) is 5.95 Å². The lowest BCUT2D eigenvalue weighted by molar-refractivity contribution is 0.0380. The highest BCUT2D eigenvalue weighted by atomic mass is 19.1. The zero-order valence-corrected chi connectivity index (χ0v) is 19.2. The van der Waals surface area contributed by atoms with E-state index in [1.54, 1.807) is 6.92 Å². The number of imidazole rings is 1. The molecule has 0 radical (unpaired) electrons. The number of methoxy groups -OCH3 is 1. The molecule has 1 aliphatic rings. The molecule has 3 aromatic heterocycles. The Hall–Kier alpha value is -4.12. The Labute approximate surface area is 221 Å². The maximum absolute atomic E-state index is 14.5. The Morgan fingerprint density at radius 2 is 2.17 bits per heavy atom. The van der Waals surface area contributed by atoms with Gasteiger partial charge in [-0.3, -0.25) is 9.48 Å². The summed E-state index contributed by atoms with van der Waals surface area (Å²) in [4.78, 5) is 27.4. The molecule has 5 rings (SSSR count). The van der Waals surface area contributed by atoms with E-state index in [-0.39, 0.29) is 40.1 Å². The summed E-state index contributed by atoms with van der Waals surface area (Å²) < 4.78 is 101. The van der Waals surface area contributed by atoms with Crippen molar-refractivity contribution in [2.24, 2.45) is 6.98 Å². The van der Waals surface area contributed by atoms with Crippen LogP contribution in [-0.4, -0.2) is 59.7 Å². The van der Waals surface area contributed by atoms with E-state index in [1.807, 2.05) is 0 Å². The highest BCUT2D eigenvalue weighted by Gasteiger charge is 2.35. The molecule has 0 aliphatic carbocycles. The predicted molar refractivity (Wildman–Crippen MR) is 131 cm³/mol. The molecule has 186 valence electrons. The number of carbonyl (C=O) groups excluding carboxylic acids is 1. The minimum absolute atomic E-state index is 0.0384. The van der Waals surface area contributed by atoms with Crippen LogP contribution in [0.15, 0.2) is 42.9 Å². The standard InChI is InChI=1S/C25H27FN8O2/c1-15-5-6-17(9-19(15)26)11-34-18(14-36-4)12-33-13-20(29-23(33)24(34)35)22-16(2)10-27-25(31-22)30-21-7-8-28-32(21)3/h5-10,13,18H,11-12,14H2,1-4H3,(H,27,30,31)/i3D3,4D3,11D2,14D2. The van der Waals surface area contributed by atoms with E-state index < -0.39 is 51.4 Å². The van der Waals surface area contributed by atoms with Crippen LogP contribution < -0.4 is 5.32 Å². The van der Waals surface area contributed by atoms with Gasteiger partial charge >= 0.3 is 0 Å². The molecule has 0 bridgehead atoms. The number of aryl methyl sites for hydroxylation is 3. The number of hydrogen-bond acceptors (Lipinski definition) is 7. The molecule has 0 saturated carbocycles. The lowest BCUT2D eigenvalue weighted by atomic mass is 10.1.